The predicted molar refractivity (Wildman–Crippen MR) is 109 cm³/mol. The second-order valence-electron chi connectivity index (χ2n) is 9.06. The molecule has 1 aromatic heterocycles. The van der Waals surface area contributed by atoms with Gasteiger partial charge in [-0.2, -0.15) is 17.0 Å². The summed E-state index contributed by atoms with van der Waals surface area (Å²) in [6, 6.07) is 6.12. The average Bonchev–Trinajstić information content (AvgIpc) is 3.20. The molecule has 162 valence electrons. The van der Waals surface area contributed by atoms with Gasteiger partial charge in [0.15, 0.2) is 0 Å². The van der Waals surface area contributed by atoms with E-state index >= 15 is 0 Å². The zero-order valence-corrected chi connectivity index (χ0v) is 17.9. The maximum absolute atomic E-state index is 13.5. The van der Waals surface area contributed by atoms with Gasteiger partial charge in [0.1, 0.15) is 5.82 Å². The highest BCUT2D eigenvalue weighted by Gasteiger charge is 2.59. The number of nitrogens with zero attached hydrogens (tertiary/aromatic N) is 4. The van der Waals surface area contributed by atoms with E-state index in [2.05, 4.69) is 17.1 Å². The Kier molecular flexibility index (Phi) is 4.95. The van der Waals surface area contributed by atoms with E-state index in [4.69, 9.17) is 4.42 Å². The normalized spacial score (nSPS) is 25.6. The summed E-state index contributed by atoms with van der Waals surface area (Å²) in [6.45, 7) is 4.50. The van der Waals surface area contributed by atoms with E-state index in [1.807, 2.05) is 0 Å². The molecule has 3 fully saturated rings. The summed E-state index contributed by atoms with van der Waals surface area (Å²) in [5, 5.41) is 8.29. The maximum atomic E-state index is 13.5. The maximum Gasteiger partial charge on any atom is 0.281 e. The minimum absolute atomic E-state index is 0.0498. The van der Waals surface area contributed by atoms with Crippen molar-refractivity contribution in [1.29, 1.82) is 0 Å². The standard InChI is InChI=1S/C21H27FN4O3S/c1-15-5-9-25(10-6-15)30(27,28)26-11-7-21(8-12-26)14-18(21)20-24-23-19(29-20)16-3-2-4-17(22)13-16/h2-4,13,15,18H,5-12,14H2,1H3/t18-/m0/s1. The lowest BCUT2D eigenvalue weighted by molar-refractivity contribution is 0.217. The Morgan fingerprint density at radius 1 is 1.10 bits per heavy atom. The molecule has 9 heteroatoms. The molecule has 5 rings (SSSR count). The second-order valence-corrected chi connectivity index (χ2v) is 11.0. The first-order chi connectivity index (χ1) is 14.4. The first-order valence-electron chi connectivity index (χ1n) is 10.7. The summed E-state index contributed by atoms with van der Waals surface area (Å²) >= 11 is 0. The van der Waals surface area contributed by atoms with Crippen molar-refractivity contribution in [3.05, 3.63) is 36.0 Å². The molecule has 1 spiro atoms. The molecule has 3 heterocycles. The molecule has 1 atom stereocenters. The molecule has 0 unspecified atom stereocenters. The van der Waals surface area contributed by atoms with Crippen molar-refractivity contribution in [3.63, 3.8) is 0 Å². The van der Waals surface area contributed by atoms with Crippen molar-refractivity contribution < 1.29 is 17.2 Å². The molecule has 1 aromatic carbocycles. The van der Waals surface area contributed by atoms with Crippen LogP contribution in [0, 0.1) is 17.2 Å². The summed E-state index contributed by atoms with van der Waals surface area (Å²) in [7, 11) is -3.37. The highest BCUT2D eigenvalue weighted by molar-refractivity contribution is 7.86. The van der Waals surface area contributed by atoms with Crippen LogP contribution in [0.3, 0.4) is 0 Å². The van der Waals surface area contributed by atoms with Gasteiger partial charge < -0.3 is 4.42 Å². The SMILES string of the molecule is CC1CCN(S(=O)(=O)N2CCC3(CC2)C[C@H]3c2nnc(-c3cccc(F)c3)o2)CC1. The van der Waals surface area contributed by atoms with Crippen LogP contribution in [0.15, 0.2) is 28.7 Å². The van der Waals surface area contributed by atoms with Crippen molar-refractivity contribution in [1.82, 2.24) is 18.8 Å². The minimum atomic E-state index is -3.37. The van der Waals surface area contributed by atoms with Crippen LogP contribution in [-0.4, -0.2) is 53.4 Å². The van der Waals surface area contributed by atoms with E-state index in [1.165, 1.54) is 12.1 Å². The van der Waals surface area contributed by atoms with Gasteiger partial charge in [-0.15, -0.1) is 10.2 Å². The van der Waals surface area contributed by atoms with Gasteiger partial charge in [0.2, 0.25) is 11.8 Å². The summed E-state index contributed by atoms with van der Waals surface area (Å²) in [5.41, 5.74) is 0.619. The smallest absolute Gasteiger partial charge is 0.281 e. The zero-order chi connectivity index (χ0) is 20.9. The first-order valence-corrected chi connectivity index (χ1v) is 12.1. The second kappa shape index (κ2) is 7.39. The monoisotopic (exact) mass is 434 g/mol. The molecule has 2 aromatic rings. The van der Waals surface area contributed by atoms with Crippen LogP contribution < -0.4 is 0 Å². The highest BCUT2D eigenvalue weighted by Crippen LogP contribution is 2.64. The molecular formula is C21H27FN4O3S. The molecule has 7 nitrogen and oxygen atoms in total. The number of hydrogen-bond acceptors (Lipinski definition) is 5. The van der Waals surface area contributed by atoms with Crippen LogP contribution in [0.25, 0.3) is 11.5 Å². The molecule has 1 saturated carbocycles. The molecule has 3 aliphatic rings. The number of piperidine rings is 2. The van der Waals surface area contributed by atoms with Crippen LogP contribution in [0.1, 0.15) is 50.8 Å². The Morgan fingerprint density at radius 2 is 1.80 bits per heavy atom. The lowest BCUT2D eigenvalue weighted by Crippen LogP contribution is -2.49. The van der Waals surface area contributed by atoms with Gasteiger partial charge in [-0.25, -0.2) is 4.39 Å². The zero-order valence-electron chi connectivity index (χ0n) is 17.1. The molecule has 0 bridgehead atoms. The van der Waals surface area contributed by atoms with E-state index in [0.717, 1.165) is 32.1 Å². The van der Waals surface area contributed by atoms with Crippen molar-refractivity contribution in [2.45, 2.75) is 44.9 Å². The number of aromatic nitrogens is 2. The Labute approximate surface area is 176 Å². The minimum Gasteiger partial charge on any atom is -0.420 e. The fourth-order valence-corrected chi connectivity index (χ4v) is 6.55. The Hall–Kier alpha value is -1.84. The summed E-state index contributed by atoms with van der Waals surface area (Å²) in [4.78, 5) is 0. The van der Waals surface area contributed by atoms with Gasteiger partial charge in [0.25, 0.3) is 10.2 Å². The summed E-state index contributed by atoms with van der Waals surface area (Å²) in [5.74, 6) is 1.32. The van der Waals surface area contributed by atoms with Crippen LogP contribution in [0.4, 0.5) is 4.39 Å². The van der Waals surface area contributed by atoms with E-state index in [0.29, 0.717) is 49.4 Å². The van der Waals surface area contributed by atoms with Crippen molar-refractivity contribution in [3.8, 4) is 11.5 Å². The van der Waals surface area contributed by atoms with Gasteiger partial charge in [0.05, 0.1) is 0 Å². The fourth-order valence-electron chi connectivity index (χ4n) is 4.90. The van der Waals surface area contributed by atoms with E-state index in [-0.39, 0.29) is 17.2 Å². The van der Waals surface area contributed by atoms with Crippen LogP contribution in [0.5, 0.6) is 0 Å². The Morgan fingerprint density at radius 3 is 2.50 bits per heavy atom. The van der Waals surface area contributed by atoms with E-state index in [1.54, 1.807) is 20.7 Å². The molecular weight excluding hydrogens is 407 g/mol. The van der Waals surface area contributed by atoms with Gasteiger partial charge in [-0.1, -0.05) is 13.0 Å². The van der Waals surface area contributed by atoms with Crippen LogP contribution in [0.2, 0.25) is 0 Å². The quantitative estimate of drug-likeness (QED) is 0.737. The van der Waals surface area contributed by atoms with Gasteiger partial charge >= 0.3 is 0 Å². The number of benzene rings is 1. The first kappa shape index (κ1) is 20.1. The van der Waals surface area contributed by atoms with Crippen LogP contribution >= 0.6 is 0 Å². The number of halogens is 1. The fraction of sp³-hybridized carbons (Fsp3) is 0.619. The Bertz CT molecular complexity index is 1020. The number of rotatable bonds is 4. The molecule has 1 aliphatic carbocycles. The topological polar surface area (TPSA) is 79.5 Å². The third-order valence-electron chi connectivity index (χ3n) is 7.11. The van der Waals surface area contributed by atoms with Gasteiger partial charge in [-0.05, 0) is 61.6 Å². The molecule has 0 N–H and O–H groups in total. The number of hydrogen-bond donors (Lipinski definition) is 0. The van der Waals surface area contributed by atoms with E-state index < -0.39 is 10.2 Å². The largest absolute Gasteiger partial charge is 0.420 e. The molecule has 0 amide bonds. The molecule has 0 radical (unpaired) electrons. The third kappa shape index (κ3) is 3.56. The lowest BCUT2D eigenvalue weighted by Gasteiger charge is -2.37. The van der Waals surface area contributed by atoms with Gasteiger partial charge in [0, 0.05) is 37.7 Å². The molecule has 30 heavy (non-hydrogen) atoms. The Balaban J connectivity index is 1.23. The average molecular weight is 435 g/mol. The van der Waals surface area contributed by atoms with Gasteiger partial charge in [-0.3, -0.25) is 0 Å². The molecule has 2 aliphatic heterocycles. The predicted octanol–water partition coefficient (Wildman–Crippen LogP) is 3.42. The summed E-state index contributed by atoms with van der Waals surface area (Å²) in [6.07, 6.45) is 4.42. The van der Waals surface area contributed by atoms with Crippen LogP contribution in [-0.2, 0) is 10.2 Å². The molecule has 2 saturated heterocycles. The highest BCUT2D eigenvalue weighted by atomic mass is 32.2. The van der Waals surface area contributed by atoms with Crippen molar-refractivity contribution >= 4 is 10.2 Å². The third-order valence-corrected chi connectivity index (χ3v) is 9.15. The summed E-state index contributed by atoms with van der Waals surface area (Å²) < 4.78 is 48.6. The van der Waals surface area contributed by atoms with Crippen molar-refractivity contribution in [2.75, 3.05) is 26.2 Å². The van der Waals surface area contributed by atoms with E-state index in [9.17, 15) is 12.8 Å². The van der Waals surface area contributed by atoms with Crippen molar-refractivity contribution in [2.24, 2.45) is 11.3 Å². The lowest BCUT2D eigenvalue weighted by atomic mass is 9.92.